The Morgan fingerprint density at radius 3 is 2.85 bits per heavy atom. The highest BCUT2D eigenvalue weighted by Gasteiger charge is 2.12. The van der Waals surface area contributed by atoms with Crippen molar-refractivity contribution in [3.8, 4) is 11.3 Å². The maximum atomic E-state index is 12.5. The van der Waals surface area contributed by atoms with Gasteiger partial charge in [-0.1, -0.05) is 36.4 Å². The number of aromatic nitrogens is 2. The van der Waals surface area contributed by atoms with Crippen LogP contribution in [0.2, 0.25) is 0 Å². The SMILES string of the molecule is CSc1cccc(NC(=O)Cc2csc3nc(-c4ccccc4)cn23)c1. The Morgan fingerprint density at radius 2 is 2.04 bits per heavy atom. The minimum atomic E-state index is -0.0297. The quantitative estimate of drug-likeness (QED) is 0.498. The average Bonchev–Trinajstić information content (AvgIpc) is 3.25. The fourth-order valence-electron chi connectivity index (χ4n) is 2.78. The van der Waals surface area contributed by atoms with Gasteiger partial charge in [0.15, 0.2) is 4.96 Å². The van der Waals surface area contributed by atoms with Crippen molar-refractivity contribution in [3.05, 3.63) is 71.9 Å². The van der Waals surface area contributed by atoms with Gasteiger partial charge in [0, 0.05) is 33.4 Å². The number of thiazole rings is 1. The van der Waals surface area contributed by atoms with Gasteiger partial charge in [0.05, 0.1) is 12.1 Å². The van der Waals surface area contributed by atoms with Crippen LogP contribution in [0.15, 0.2) is 71.1 Å². The van der Waals surface area contributed by atoms with Gasteiger partial charge >= 0.3 is 0 Å². The largest absolute Gasteiger partial charge is 0.326 e. The van der Waals surface area contributed by atoms with Gasteiger partial charge in [-0.15, -0.1) is 23.1 Å². The van der Waals surface area contributed by atoms with Crippen LogP contribution in [0.25, 0.3) is 16.2 Å². The van der Waals surface area contributed by atoms with E-state index in [0.29, 0.717) is 6.42 Å². The summed E-state index contributed by atoms with van der Waals surface area (Å²) >= 11 is 3.21. The van der Waals surface area contributed by atoms with Gasteiger partial charge in [0.2, 0.25) is 5.91 Å². The highest BCUT2D eigenvalue weighted by atomic mass is 32.2. The number of nitrogens with one attached hydrogen (secondary N) is 1. The first-order valence-electron chi connectivity index (χ1n) is 8.18. The average molecular weight is 380 g/mol. The third-order valence-corrected chi connectivity index (χ3v) is 5.66. The van der Waals surface area contributed by atoms with Gasteiger partial charge in [-0.3, -0.25) is 9.20 Å². The summed E-state index contributed by atoms with van der Waals surface area (Å²) in [4.78, 5) is 19.1. The second-order valence-corrected chi connectivity index (χ2v) is 7.54. The van der Waals surface area contributed by atoms with E-state index < -0.39 is 0 Å². The molecule has 2 heterocycles. The lowest BCUT2D eigenvalue weighted by molar-refractivity contribution is -0.115. The molecule has 130 valence electrons. The van der Waals surface area contributed by atoms with Gasteiger partial charge < -0.3 is 5.32 Å². The van der Waals surface area contributed by atoms with Crippen LogP contribution in [0.3, 0.4) is 0 Å². The van der Waals surface area contributed by atoms with Crippen LogP contribution in [0.1, 0.15) is 5.69 Å². The monoisotopic (exact) mass is 379 g/mol. The predicted molar refractivity (Wildman–Crippen MR) is 109 cm³/mol. The normalized spacial score (nSPS) is 11.0. The summed E-state index contributed by atoms with van der Waals surface area (Å²) in [5, 5.41) is 4.97. The molecule has 0 aliphatic carbocycles. The number of benzene rings is 2. The molecule has 0 aliphatic rings. The maximum Gasteiger partial charge on any atom is 0.230 e. The Hall–Kier alpha value is -2.57. The molecule has 0 saturated carbocycles. The van der Waals surface area contributed by atoms with Crippen LogP contribution in [0.4, 0.5) is 5.69 Å². The molecule has 0 radical (unpaired) electrons. The van der Waals surface area contributed by atoms with E-state index in [9.17, 15) is 4.79 Å². The van der Waals surface area contributed by atoms with Gasteiger partial charge in [0.25, 0.3) is 0 Å². The molecule has 0 atom stereocenters. The number of carbonyl (C=O) groups excluding carboxylic acids is 1. The molecule has 4 rings (SSSR count). The Labute approximate surface area is 159 Å². The molecule has 2 aromatic heterocycles. The summed E-state index contributed by atoms with van der Waals surface area (Å²) in [6, 6.07) is 17.9. The van der Waals surface area contributed by atoms with Gasteiger partial charge in [-0.05, 0) is 24.5 Å². The van der Waals surface area contributed by atoms with Gasteiger partial charge in [0.1, 0.15) is 0 Å². The van der Waals surface area contributed by atoms with E-state index in [1.807, 2.05) is 76.8 Å². The summed E-state index contributed by atoms with van der Waals surface area (Å²) in [5.41, 5.74) is 3.77. The lowest BCUT2D eigenvalue weighted by Crippen LogP contribution is -2.15. The number of hydrogen-bond donors (Lipinski definition) is 1. The number of fused-ring (bicyclic) bond motifs is 1. The zero-order valence-corrected chi connectivity index (χ0v) is 15.8. The second kappa shape index (κ2) is 7.35. The molecular formula is C20H17N3OS2. The minimum Gasteiger partial charge on any atom is -0.326 e. The first-order chi connectivity index (χ1) is 12.7. The molecule has 0 unspecified atom stereocenters. The number of rotatable bonds is 5. The van der Waals surface area contributed by atoms with Crippen molar-refractivity contribution in [2.24, 2.45) is 0 Å². The van der Waals surface area contributed by atoms with Crippen LogP contribution in [-0.2, 0) is 11.2 Å². The van der Waals surface area contributed by atoms with Crippen LogP contribution in [-0.4, -0.2) is 21.5 Å². The van der Waals surface area contributed by atoms with E-state index in [0.717, 1.165) is 32.5 Å². The van der Waals surface area contributed by atoms with Crippen molar-refractivity contribution in [2.75, 3.05) is 11.6 Å². The van der Waals surface area contributed by atoms with Crippen LogP contribution >= 0.6 is 23.1 Å². The minimum absolute atomic E-state index is 0.0297. The number of imidazole rings is 1. The number of anilines is 1. The van der Waals surface area contributed by atoms with E-state index in [1.165, 1.54) is 0 Å². The summed E-state index contributed by atoms with van der Waals surface area (Å²) in [6.07, 6.45) is 4.33. The molecule has 0 bridgehead atoms. The molecule has 1 amide bonds. The molecule has 6 heteroatoms. The van der Waals surface area contributed by atoms with Crippen LogP contribution < -0.4 is 5.32 Å². The topological polar surface area (TPSA) is 46.4 Å². The van der Waals surface area contributed by atoms with Gasteiger partial charge in [-0.2, -0.15) is 0 Å². The van der Waals surface area contributed by atoms with Gasteiger partial charge in [-0.25, -0.2) is 4.98 Å². The van der Waals surface area contributed by atoms with Crippen molar-refractivity contribution in [1.29, 1.82) is 0 Å². The van der Waals surface area contributed by atoms with Crippen molar-refractivity contribution in [3.63, 3.8) is 0 Å². The molecule has 0 saturated heterocycles. The molecule has 0 spiro atoms. The summed E-state index contributed by atoms with van der Waals surface area (Å²) < 4.78 is 2.00. The smallest absolute Gasteiger partial charge is 0.230 e. The Kier molecular flexibility index (Phi) is 4.77. The molecule has 4 aromatic rings. The molecule has 4 nitrogen and oxygen atoms in total. The number of hydrogen-bond acceptors (Lipinski definition) is 4. The van der Waals surface area contributed by atoms with Crippen molar-refractivity contribution in [2.45, 2.75) is 11.3 Å². The van der Waals surface area contributed by atoms with Crippen LogP contribution in [0.5, 0.6) is 0 Å². The molecule has 0 fully saturated rings. The van der Waals surface area contributed by atoms with E-state index in [1.54, 1.807) is 23.1 Å². The highest BCUT2D eigenvalue weighted by Crippen LogP contribution is 2.24. The summed E-state index contributed by atoms with van der Waals surface area (Å²) in [5.74, 6) is -0.0297. The lowest BCUT2D eigenvalue weighted by Gasteiger charge is -2.06. The van der Waals surface area contributed by atoms with Crippen molar-refractivity contribution < 1.29 is 4.79 Å². The number of nitrogens with zero attached hydrogens (tertiary/aromatic N) is 2. The Bertz CT molecular complexity index is 1050. The maximum absolute atomic E-state index is 12.5. The van der Waals surface area contributed by atoms with Crippen LogP contribution in [0, 0.1) is 0 Å². The molecule has 1 N–H and O–H groups in total. The highest BCUT2D eigenvalue weighted by molar-refractivity contribution is 7.98. The fraction of sp³-hybridized carbons (Fsp3) is 0.100. The lowest BCUT2D eigenvalue weighted by atomic mass is 10.2. The first-order valence-corrected chi connectivity index (χ1v) is 10.3. The molecule has 26 heavy (non-hydrogen) atoms. The third kappa shape index (κ3) is 3.52. The van der Waals surface area contributed by atoms with E-state index in [4.69, 9.17) is 0 Å². The zero-order valence-electron chi connectivity index (χ0n) is 14.2. The Morgan fingerprint density at radius 1 is 1.19 bits per heavy atom. The predicted octanol–water partition coefficient (Wildman–Crippen LogP) is 4.97. The Balaban J connectivity index is 1.53. The van der Waals surface area contributed by atoms with Crippen molar-refractivity contribution >= 4 is 39.7 Å². The summed E-state index contributed by atoms with van der Waals surface area (Å²) in [7, 11) is 0. The fourth-order valence-corrected chi connectivity index (χ4v) is 4.11. The zero-order chi connectivity index (χ0) is 17.9. The molecule has 2 aromatic carbocycles. The van der Waals surface area contributed by atoms with Crippen molar-refractivity contribution in [1.82, 2.24) is 9.38 Å². The number of carbonyl (C=O) groups is 1. The van der Waals surface area contributed by atoms with E-state index >= 15 is 0 Å². The molecular weight excluding hydrogens is 362 g/mol. The van der Waals surface area contributed by atoms with E-state index in [2.05, 4.69) is 10.3 Å². The standard InChI is InChI=1S/C20H17N3OS2/c1-25-17-9-5-8-15(10-17)21-19(24)11-16-13-26-20-22-18(12-23(16)20)14-6-3-2-4-7-14/h2-10,12-13H,11H2,1H3,(H,21,24). The first kappa shape index (κ1) is 16.9. The third-order valence-electron chi connectivity index (χ3n) is 4.05. The number of amides is 1. The number of thioether (sulfide) groups is 1. The molecule has 0 aliphatic heterocycles. The summed E-state index contributed by atoms with van der Waals surface area (Å²) in [6.45, 7) is 0. The second-order valence-electron chi connectivity index (χ2n) is 5.83. The van der Waals surface area contributed by atoms with E-state index in [-0.39, 0.29) is 5.91 Å².